The monoisotopic (exact) mass is 246 g/mol. The minimum absolute atomic E-state index is 0.148. The van der Waals surface area contributed by atoms with Crippen molar-refractivity contribution in [3.8, 4) is 5.75 Å². The third-order valence-corrected chi connectivity index (χ3v) is 3.84. The van der Waals surface area contributed by atoms with Gasteiger partial charge in [-0.1, -0.05) is 12.8 Å². The molecule has 2 heterocycles. The third kappa shape index (κ3) is 1.77. The Kier molecular flexibility index (Phi) is 2.96. The van der Waals surface area contributed by atoms with Gasteiger partial charge in [0.25, 0.3) is 0 Å². The molecule has 0 saturated heterocycles. The number of ether oxygens (including phenoxy) is 1. The highest BCUT2D eigenvalue weighted by molar-refractivity contribution is 5.82. The Morgan fingerprint density at radius 2 is 2.17 bits per heavy atom. The van der Waals surface area contributed by atoms with Gasteiger partial charge in [0.2, 0.25) is 0 Å². The van der Waals surface area contributed by atoms with Crippen LogP contribution in [0.5, 0.6) is 5.75 Å². The first-order valence-corrected chi connectivity index (χ1v) is 6.49. The van der Waals surface area contributed by atoms with Crippen molar-refractivity contribution < 1.29 is 9.84 Å². The van der Waals surface area contributed by atoms with E-state index in [1.165, 1.54) is 6.42 Å². The van der Waals surface area contributed by atoms with Crippen LogP contribution in [0.1, 0.15) is 31.7 Å². The zero-order chi connectivity index (χ0) is 12.5. The van der Waals surface area contributed by atoms with Crippen molar-refractivity contribution >= 4 is 11.0 Å². The Hall–Kier alpha value is -1.55. The van der Waals surface area contributed by atoms with Crippen LogP contribution in [0.25, 0.3) is 11.0 Å². The molecule has 3 rings (SSSR count). The lowest BCUT2D eigenvalue weighted by Crippen LogP contribution is -2.27. The maximum atomic E-state index is 10.2. The summed E-state index contributed by atoms with van der Waals surface area (Å²) in [5, 5.41) is 10.2. The highest BCUT2D eigenvalue weighted by Crippen LogP contribution is 2.34. The van der Waals surface area contributed by atoms with Crippen LogP contribution in [0.15, 0.2) is 24.5 Å². The minimum Gasteiger partial charge on any atom is -0.494 e. The Morgan fingerprint density at radius 3 is 2.94 bits per heavy atom. The molecule has 96 valence electrons. The number of fused-ring (bicyclic) bond motifs is 1. The molecule has 0 bridgehead atoms. The van der Waals surface area contributed by atoms with E-state index in [1.807, 2.05) is 18.3 Å². The van der Waals surface area contributed by atoms with Crippen LogP contribution in [-0.4, -0.2) is 27.9 Å². The number of rotatable bonds is 2. The minimum atomic E-state index is -0.265. The van der Waals surface area contributed by atoms with Crippen molar-refractivity contribution in [1.82, 2.24) is 9.55 Å². The van der Waals surface area contributed by atoms with Crippen LogP contribution in [0.4, 0.5) is 0 Å². The molecule has 2 aromatic heterocycles. The van der Waals surface area contributed by atoms with Gasteiger partial charge in [-0.25, -0.2) is 0 Å². The van der Waals surface area contributed by atoms with Crippen LogP contribution in [0, 0.1) is 0 Å². The van der Waals surface area contributed by atoms with E-state index in [9.17, 15) is 5.11 Å². The molecule has 0 radical (unpaired) electrons. The lowest BCUT2D eigenvalue weighted by atomic mass is 9.92. The topological polar surface area (TPSA) is 47.3 Å². The molecular formula is C14H18N2O2. The van der Waals surface area contributed by atoms with E-state index in [1.54, 1.807) is 13.3 Å². The molecular weight excluding hydrogens is 228 g/mol. The van der Waals surface area contributed by atoms with E-state index in [2.05, 4.69) is 9.55 Å². The van der Waals surface area contributed by atoms with Crippen LogP contribution < -0.4 is 4.74 Å². The quantitative estimate of drug-likeness (QED) is 0.885. The highest BCUT2D eigenvalue weighted by Gasteiger charge is 2.26. The molecule has 4 nitrogen and oxygen atoms in total. The van der Waals surface area contributed by atoms with Gasteiger partial charge in [0, 0.05) is 18.5 Å². The van der Waals surface area contributed by atoms with Gasteiger partial charge in [-0.2, -0.15) is 0 Å². The van der Waals surface area contributed by atoms with Gasteiger partial charge in [-0.05, 0) is 18.9 Å². The summed E-state index contributed by atoms with van der Waals surface area (Å²) < 4.78 is 7.54. The Bertz CT molecular complexity index is 550. The second-order valence-corrected chi connectivity index (χ2v) is 4.89. The normalized spacial score (nSPS) is 24.3. The van der Waals surface area contributed by atoms with Crippen molar-refractivity contribution in [2.75, 3.05) is 7.11 Å². The average molecular weight is 246 g/mol. The number of hydrogen-bond acceptors (Lipinski definition) is 3. The third-order valence-electron chi connectivity index (χ3n) is 3.84. The molecule has 1 N–H and O–H groups in total. The second kappa shape index (κ2) is 4.61. The number of aliphatic hydroxyl groups is 1. The van der Waals surface area contributed by atoms with Crippen LogP contribution >= 0.6 is 0 Å². The number of aliphatic hydroxyl groups excluding tert-OH is 1. The van der Waals surface area contributed by atoms with Gasteiger partial charge in [-0.15, -0.1) is 0 Å². The Labute approximate surface area is 106 Å². The second-order valence-electron chi connectivity index (χ2n) is 4.89. The number of methoxy groups -OCH3 is 1. The fraction of sp³-hybridized carbons (Fsp3) is 0.500. The molecule has 0 aliphatic heterocycles. The lowest BCUT2D eigenvalue weighted by Gasteiger charge is -2.29. The molecule has 1 saturated carbocycles. The van der Waals surface area contributed by atoms with Crippen LogP contribution in [0.3, 0.4) is 0 Å². The first-order valence-electron chi connectivity index (χ1n) is 6.49. The summed E-state index contributed by atoms with van der Waals surface area (Å²) in [6.45, 7) is 0. The van der Waals surface area contributed by atoms with Gasteiger partial charge in [0.1, 0.15) is 11.3 Å². The Morgan fingerprint density at radius 1 is 1.33 bits per heavy atom. The maximum Gasteiger partial charge on any atom is 0.146 e. The standard InChI is InChI=1S/C14H18N2O2/c1-18-13-6-8-15-10-7-9-16(14(10)13)11-4-2-3-5-12(11)17/h6-9,11-12,17H,2-5H2,1H3/t11-,12-/m0/s1. The van der Waals surface area contributed by atoms with Crippen molar-refractivity contribution in [3.63, 3.8) is 0 Å². The van der Waals surface area contributed by atoms with E-state index in [0.29, 0.717) is 0 Å². The SMILES string of the molecule is COc1ccnc2ccn([C@H]3CCCC[C@@H]3O)c12. The molecule has 0 unspecified atom stereocenters. The van der Waals surface area contributed by atoms with Crippen molar-refractivity contribution in [2.24, 2.45) is 0 Å². The fourth-order valence-electron chi connectivity index (χ4n) is 2.92. The molecule has 0 amide bonds. The van der Waals surface area contributed by atoms with E-state index in [-0.39, 0.29) is 12.1 Å². The predicted molar refractivity (Wildman–Crippen MR) is 69.8 cm³/mol. The summed E-state index contributed by atoms with van der Waals surface area (Å²) >= 11 is 0. The summed E-state index contributed by atoms with van der Waals surface area (Å²) in [6.07, 6.45) is 7.69. The van der Waals surface area contributed by atoms with Crippen LogP contribution in [-0.2, 0) is 0 Å². The summed E-state index contributed by atoms with van der Waals surface area (Å²) in [5.41, 5.74) is 1.91. The summed E-state index contributed by atoms with van der Waals surface area (Å²) in [4.78, 5) is 4.35. The molecule has 18 heavy (non-hydrogen) atoms. The summed E-state index contributed by atoms with van der Waals surface area (Å²) in [6, 6.07) is 4.00. The highest BCUT2D eigenvalue weighted by atomic mass is 16.5. The Balaban J connectivity index is 2.11. The zero-order valence-electron chi connectivity index (χ0n) is 10.5. The van der Waals surface area contributed by atoms with Crippen molar-refractivity contribution in [3.05, 3.63) is 24.5 Å². The number of hydrogen-bond donors (Lipinski definition) is 1. The predicted octanol–water partition coefficient (Wildman–Crippen LogP) is 2.52. The van der Waals surface area contributed by atoms with Gasteiger partial charge in [0.05, 0.1) is 24.8 Å². The van der Waals surface area contributed by atoms with Crippen molar-refractivity contribution in [2.45, 2.75) is 37.8 Å². The van der Waals surface area contributed by atoms with Gasteiger partial charge >= 0.3 is 0 Å². The van der Waals surface area contributed by atoms with Gasteiger partial charge in [-0.3, -0.25) is 4.98 Å². The zero-order valence-corrected chi connectivity index (χ0v) is 10.5. The van der Waals surface area contributed by atoms with Gasteiger partial charge < -0.3 is 14.4 Å². The largest absolute Gasteiger partial charge is 0.494 e. The molecule has 0 spiro atoms. The molecule has 0 aromatic carbocycles. The molecule has 4 heteroatoms. The van der Waals surface area contributed by atoms with E-state index in [4.69, 9.17) is 4.74 Å². The number of nitrogens with zero attached hydrogens (tertiary/aromatic N) is 2. The van der Waals surface area contributed by atoms with Crippen molar-refractivity contribution in [1.29, 1.82) is 0 Å². The lowest BCUT2D eigenvalue weighted by molar-refractivity contribution is 0.0774. The first-order chi connectivity index (χ1) is 8.81. The summed E-state index contributed by atoms with van der Waals surface area (Å²) in [5.74, 6) is 0.822. The van der Waals surface area contributed by atoms with Crippen LogP contribution in [0.2, 0.25) is 0 Å². The summed E-state index contributed by atoms with van der Waals surface area (Å²) in [7, 11) is 1.67. The molecule has 1 aliphatic rings. The fourth-order valence-corrected chi connectivity index (χ4v) is 2.92. The first kappa shape index (κ1) is 11.5. The van der Waals surface area contributed by atoms with Gasteiger partial charge in [0.15, 0.2) is 0 Å². The molecule has 2 aromatic rings. The van der Waals surface area contributed by atoms with E-state index < -0.39 is 0 Å². The number of pyridine rings is 1. The smallest absolute Gasteiger partial charge is 0.146 e. The number of aromatic nitrogens is 2. The molecule has 1 aliphatic carbocycles. The van der Waals surface area contributed by atoms with E-state index in [0.717, 1.165) is 36.0 Å². The molecule has 2 atom stereocenters. The maximum absolute atomic E-state index is 10.2. The average Bonchev–Trinajstić information content (AvgIpc) is 2.83. The van der Waals surface area contributed by atoms with E-state index >= 15 is 0 Å². The molecule has 1 fully saturated rings.